The molecule has 110 valence electrons. The third kappa shape index (κ3) is 3.60. The minimum atomic E-state index is -1.18. The van der Waals surface area contributed by atoms with Crippen molar-refractivity contribution in [2.24, 2.45) is 0 Å². The van der Waals surface area contributed by atoms with E-state index >= 15 is 0 Å². The van der Waals surface area contributed by atoms with Crippen molar-refractivity contribution < 1.29 is 9.90 Å². The molecule has 0 radical (unpaired) electrons. The number of aryl methyl sites for hydroxylation is 1. The summed E-state index contributed by atoms with van der Waals surface area (Å²) in [5, 5.41) is 9.11. The summed E-state index contributed by atoms with van der Waals surface area (Å²) in [6, 6.07) is 11.0. The van der Waals surface area contributed by atoms with Crippen LogP contribution in [0.2, 0.25) is 0 Å². The molecule has 0 bridgehead atoms. The lowest BCUT2D eigenvalue weighted by Crippen LogP contribution is -2.18. The molecule has 4 nitrogen and oxygen atoms in total. The second-order valence-corrected chi connectivity index (χ2v) is 5.01. The molecule has 21 heavy (non-hydrogen) atoms. The van der Waals surface area contributed by atoms with Gasteiger partial charge in [-0.15, -0.1) is 0 Å². The van der Waals surface area contributed by atoms with Gasteiger partial charge in [0.05, 0.1) is 5.69 Å². The number of pyridine rings is 1. The molecule has 2 aromatic rings. The van der Waals surface area contributed by atoms with E-state index in [-0.39, 0.29) is 5.56 Å². The summed E-state index contributed by atoms with van der Waals surface area (Å²) in [7, 11) is 0. The molecule has 0 aliphatic heterocycles. The lowest BCUT2D eigenvalue weighted by molar-refractivity contribution is 0.0694. The number of carboxylic acid groups (broad SMARTS) is 1. The van der Waals surface area contributed by atoms with Crippen LogP contribution in [0.5, 0.6) is 0 Å². The number of aromatic carboxylic acids is 1. The van der Waals surface area contributed by atoms with Crippen LogP contribution in [0, 0.1) is 0 Å². The summed E-state index contributed by atoms with van der Waals surface area (Å²) in [5.41, 5.74) is 1.06. The number of carboxylic acids is 1. The third-order valence-corrected chi connectivity index (χ3v) is 3.43. The monoisotopic (exact) mass is 285 g/mol. The molecule has 4 heteroatoms. The third-order valence-electron chi connectivity index (χ3n) is 3.43. The first kappa shape index (κ1) is 15.0. The Balaban J connectivity index is 2.49. The van der Waals surface area contributed by atoms with Gasteiger partial charge in [-0.25, -0.2) is 4.79 Å². The van der Waals surface area contributed by atoms with Crippen LogP contribution in [0.15, 0.2) is 47.4 Å². The number of hydrogen-bond acceptors (Lipinski definition) is 2. The number of aromatic nitrogens is 1. The van der Waals surface area contributed by atoms with Crippen molar-refractivity contribution in [1.29, 1.82) is 0 Å². The number of carbonyl (C=O) groups is 1. The van der Waals surface area contributed by atoms with Gasteiger partial charge in [-0.2, -0.15) is 0 Å². The standard InChI is InChI=1S/C17H19NO3/c1-2-3-7-10-18-12-14(17(20)21)16(19)11-15(18)13-8-5-4-6-9-13/h4-6,8-9,11-12H,2-3,7,10H2,1H3,(H,20,21). The van der Waals surface area contributed by atoms with Crippen molar-refractivity contribution in [2.75, 3.05) is 0 Å². The zero-order chi connectivity index (χ0) is 15.2. The van der Waals surface area contributed by atoms with E-state index in [2.05, 4.69) is 6.92 Å². The van der Waals surface area contributed by atoms with Crippen LogP contribution in [-0.4, -0.2) is 15.6 Å². The van der Waals surface area contributed by atoms with Crippen LogP contribution >= 0.6 is 0 Å². The number of benzene rings is 1. The normalized spacial score (nSPS) is 10.5. The Kier molecular flexibility index (Phi) is 4.93. The van der Waals surface area contributed by atoms with E-state index in [1.54, 1.807) is 0 Å². The molecule has 1 aromatic carbocycles. The Labute approximate surface area is 123 Å². The molecule has 0 saturated heterocycles. The Morgan fingerprint density at radius 1 is 1.19 bits per heavy atom. The zero-order valence-electron chi connectivity index (χ0n) is 12.1. The van der Waals surface area contributed by atoms with Crippen LogP contribution in [0.4, 0.5) is 0 Å². The van der Waals surface area contributed by atoms with Gasteiger partial charge in [0, 0.05) is 18.8 Å². The maximum atomic E-state index is 11.9. The van der Waals surface area contributed by atoms with E-state index in [0.717, 1.165) is 30.5 Å². The molecule has 0 atom stereocenters. The summed E-state index contributed by atoms with van der Waals surface area (Å²) < 4.78 is 1.87. The Morgan fingerprint density at radius 2 is 1.90 bits per heavy atom. The lowest BCUT2D eigenvalue weighted by atomic mass is 10.1. The van der Waals surface area contributed by atoms with E-state index in [1.807, 2.05) is 34.9 Å². The molecular formula is C17H19NO3. The lowest BCUT2D eigenvalue weighted by Gasteiger charge is -2.14. The van der Waals surface area contributed by atoms with Crippen LogP contribution in [0.25, 0.3) is 11.3 Å². The van der Waals surface area contributed by atoms with Crippen molar-refractivity contribution in [1.82, 2.24) is 4.57 Å². The van der Waals surface area contributed by atoms with Gasteiger partial charge < -0.3 is 9.67 Å². The average molecular weight is 285 g/mol. The van der Waals surface area contributed by atoms with E-state index in [4.69, 9.17) is 5.11 Å². The molecule has 0 saturated carbocycles. The van der Waals surface area contributed by atoms with E-state index in [0.29, 0.717) is 6.54 Å². The summed E-state index contributed by atoms with van der Waals surface area (Å²) >= 11 is 0. The van der Waals surface area contributed by atoms with Crippen LogP contribution in [-0.2, 0) is 6.54 Å². The molecule has 0 aliphatic carbocycles. The van der Waals surface area contributed by atoms with E-state index in [1.165, 1.54) is 12.3 Å². The van der Waals surface area contributed by atoms with Gasteiger partial charge in [-0.05, 0) is 12.0 Å². The number of hydrogen-bond donors (Lipinski definition) is 1. The molecule has 1 heterocycles. The van der Waals surface area contributed by atoms with Gasteiger partial charge in [0.25, 0.3) is 0 Å². The fourth-order valence-electron chi connectivity index (χ4n) is 2.31. The van der Waals surface area contributed by atoms with Crippen molar-refractivity contribution in [3.8, 4) is 11.3 Å². The van der Waals surface area contributed by atoms with Gasteiger partial charge in [-0.1, -0.05) is 50.1 Å². The second kappa shape index (κ2) is 6.88. The summed E-state index contributed by atoms with van der Waals surface area (Å²) in [6.07, 6.45) is 4.58. The minimum Gasteiger partial charge on any atom is -0.477 e. The predicted molar refractivity (Wildman–Crippen MR) is 82.6 cm³/mol. The van der Waals surface area contributed by atoms with Crippen molar-refractivity contribution in [3.63, 3.8) is 0 Å². The van der Waals surface area contributed by atoms with Crippen molar-refractivity contribution >= 4 is 5.97 Å². The second-order valence-electron chi connectivity index (χ2n) is 5.01. The fourth-order valence-corrected chi connectivity index (χ4v) is 2.31. The van der Waals surface area contributed by atoms with Gasteiger partial charge in [0.2, 0.25) is 0 Å². The zero-order valence-corrected chi connectivity index (χ0v) is 12.1. The summed E-state index contributed by atoms with van der Waals surface area (Å²) in [5.74, 6) is -1.18. The number of nitrogens with zero attached hydrogens (tertiary/aromatic N) is 1. The predicted octanol–water partition coefficient (Wildman–Crippen LogP) is 3.40. The van der Waals surface area contributed by atoms with Crippen LogP contribution in [0.1, 0.15) is 36.5 Å². The van der Waals surface area contributed by atoms with Gasteiger partial charge >= 0.3 is 5.97 Å². The van der Waals surface area contributed by atoms with E-state index < -0.39 is 11.4 Å². The SMILES string of the molecule is CCCCCn1cc(C(=O)O)c(=O)cc1-c1ccccc1. The Hall–Kier alpha value is -2.36. The minimum absolute atomic E-state index is 0.175. The highest BCUT2D eigenvalue weighted by atomic mass is 16.4. The summed E-state index contributed by atoms with van der Waals surface area (Å²) in [6.45, 7) is 2.82. The molecule has 1 aromatic heterocycles. The molecule has 0 spiro atoms. The molecule has 1 N–H and O–H groups in total. The number of rotatable bonds is 6. The quantitative estimate of drug-likeness (QED) is 0.827. The molecule has 0 amide bonds. The van der Waals surface area contributed by atoms with Crippen LogP contribution in [0.3, 0.4) is 0 Å². The molecule has 0 aliphatic rings. The number of unbranched alkanes of at least 4 members (excludes halogenated alkanes) is 2. The first-order valence-electron chi connectivity index (χ1n) is 7.16. The van der Waals surface area contributed by atoms with Crippen LogP contribution < -0.4 is 5.43 Å². The maximum absolute atomic E-state index is 11.9. The first-order chi connectivity index (χ1) is 10.1. The van der Waals surface area contributed by atoms with Gasteiger partial charge in [0.1, 0.15) is 5.56 Å². The molecule has 0 unspecified atom stereocenters. The molecular weight excluding hydrogens is 266 g/mol. The highest BCUT2D eigenvalue weighted by Crippen LogP contribution is 2.19. The topological polar surface area (TPSA) is 59.3 Å². The molecule has 0 fully saturated rings. The van der Waals surface area contributed by atoms with E-state index in [9.17, 15) is 9.59 Å². The fraction of sp³-hybridized carbons (Fsp3) is 0.294. The highest BCUT2D eigenvalue weighted by molar-refractivity contribution is 5.87. The average Bonchev–Trinajstić information content (AvgIpc) is 2.49. The van der Waals surface area contributed by atoms with Crippen molar-refractivity contribution in [3.05, 3.63) is 58.4 Å². The smallest absolute Gasteiger partial charge is 0.341 e. The summed E-state index contributed by atoms with van der Waals surface area (Å²) in [4.78, 5) is 23.1. The van der Waals surface area contributed by atoms with Crippen molar-refractivity contribution in [2.45, 2.75) is 32.7 Å². The maximum Gasteiger partial charge on any atom is 0.341 e. The molecule has 2 rings (SSSR count). The Bertz CT molecular complexity index is 674. The first-order valence-corrected chi connectivity index (χ1v) is 7.16. The highest BCUT2D eigenvalue weighted by Gasteiger charge is 2.13. The Morgan fingerprint density at radius 3 is 2.52 bits per heavy atom. The van der Waals surface area contributed by atoms with Gasteiger partial charge in [-0.3, -0.25) is 4.79 Å². The largest absolute Gasteiger partial charge is 0.477 e. The van der Waals surface area contributed by atoms with Gasteiger partial charge in [0.15, 0.2) is 5.43 Å².